The van der Waals surface area contributed by atoms with Crippen molar-refractivity contribution >= 4 is 6.09 Å². The van der Waals surface area contributed by atoms with E-state index in [4.69, 9.17) is 4.74 Å². The van der Waals surface area contributed by atoms with Crippen LogP contribution in [0.15, 0.2) is 48.5 Å². The molecule has 0 saturated heterocycles. The van der Waals surface area contributed by atoms with Crippen molar-refractivity contribution in [2.45, 2.75) is 32.2 Å². The SMILES string of the molecule is CC(C)(C)NC(=O)OCC1c2ccccc2-c2ccccc21. The Morgan fingerprint density at radius 2 is 1.50 bits per heavy atom. The molecule has 1 amide bonds. The third kappa shape index (κ3) is 2.84. The molecule has 0 aromatic heterocycles. The van der Waals surface area contributed by atoms with Crippen LogP contribution in [0, 0.1) is 0 Å². The lowest BCUT2D eigenvalue weighted by Crippen LogP contribution is -2.41. The average Bonchev–Trinajstić information content (AvgIpc) is 2.78. The molecule has 114 valence electrons. The Balaban J connectivity index is 1.81. The van der Waals surface area contributed by atoms with Crippen LogP contribution in [0.5, 0.6) is 0 Å². The van der Waals surface area contributed by atoms with Crippen LogP contribution in [-0.2, 0) is 4.74 Å². The van der Waals surface area contributed by atoms with Crippen LogP contribution in [0.25, 0.3) is 11.1 Å². The van der Waals surface area contributed by atoms with E-state index in [2.05, 4.69) is 29.6 Å². The number of fused-ring (bicyclic) bond motifs is 3. The first-order valence-electron chi connectivity index (χ1n) is 7.59. The number of carbonyl (C=O) groups excluding carboxylic acids is 1. The topological polar surface area (TPSA) is 38.3 Å². The molecule has 22 heavy (non-hydrogen) atoms. The summed E-state index contributed by atoms with van der Waals surface area (Å²) in [6.07, 6.45) is -0.366. The fraction of sp³-hybridized carbons (Fsp3) is 0.316. The zero-order valence-corrected chi connectivity index (χ0v) is 13.2. The summed E-state index contributed by atoms with van der Waals surface area (Å²) in [5, 5.41) is 2.83. The van der Waals surface area contributed by atoms with Crippen molar-refractivity contribution in [3.63, 3.8) is 0 Å². The van der Waals surface area contributed by atoms with E-state index in [1.807, 2.05) is 45.0 Å². The van der Waals surface area contributed by atoms with Gasteiger partial charge in [-0.2, -0.15) is 0 Å². The van der Waals surface area contributed by atoms with Gasteiger partial charge in [-0.1, -0.05) is 48.5 Å². The highest BCUT2D eigenvalue weighted by Gasteiger charge is 2.29. The maximum Gasteiger partial charge on any atom is 0.407 e. The van der Waals surface area contributed by atoms with Crippen LogP contribution in [0.4, 0.5) is 4.79 Å². The molecular formula is C19H21NO2. The summed E-state index contributed by atoms with van der Waals surface area (Å²) >= 11 is 0. The maximum atomic E-state index is 11.9. The van der Waals surface area contributed by atoms with Gasteiger partial charge in [0.25, 0.3) is 0 Å². The Kier molecular flexibility index (Phi) is 3.65. The van der Waals surface area contributed by atoms with Gasteiger partial charge >= 0.3 is 6.09 Å². The number of amides is 1. The van der Waals surface area contributed by atoms with E-state index in [1.165, 1.54) is 22.3 Å². The second-order valence-electron chi connectivity index (χ2n) is 6.70. The molecule has 0 unspecified atom stereocenters. The minimum absolute atomic E-state index is 0.109. The highest BCUT2D eigenvalue weighted by molar-refractivity contribution is 5.79. The van der Waals surface area contributed by atoms with Gasteiger partial charge in [-0.15, -0.1) is 0 Å². The van der Waals surface area contributed by atoms with Gasteiger partial charge in [-0.05, 0) is 43.0 Å². The Hall–Kier alpha value is -2.29. The van der Waals surface area contributed by atoms with Crippen LogP contribution in [0.3, 0.4) is 0 Å². The zero-order chi connectivity index (χ0) is 15.7. The number of carbonyl (C=O) groups is 1. The molecule has 0 fully saturated rings. The summed E-state index contributed by atoms with van der Waals surface area (Å²) in [5.74, 6) is 0.109. The van der Waals surface area contributed by atoms with Gasteiger partial charge in [0.15, 0.2) is 0 Å². The summed E-state index contributed by atoms with van der Waals surface area (Å²) in [6, 6.07) is 16.7. The molecule has 0 spiro atoms. The van der Waals surface area contributed by atoms with Crippen LogP contribution >= 0.6 is 0 Å². The smallest absolute Gasteiger partial charge is 0.407 e. The van der Waals surface area contributed by atoms with E-state index in [-0.39, 0.29) is 17.6 Å². The van der Waals surface area contributed by atoms with Crippen LogP contribution in [0.1, 0.15) is 37.8 Å². The maximum absolute atomic E-state index is 11.9. The highest BCUT2D eigenvalue weighted by Crippen LogP contribution is 2.44. The molecule has 1 aliphatic carbocycles. The zero-order valence-electron chi connectivity index (χ0n) is 13.2. The van der Waals surface area contributed by atoms with E-state index in [9.17, 15) is 4.79 Å². The molecule has 3 nitrogen and oxygen atoms in total. The van der Waals surface area contributed by atoms with E-state index >= 15 is 0 Å². The van der Waals surface area contributed by atoms with Gasteiger partial charge < -0.3 is 10.1 Å². The van der Waals surface area contributed by atoms with E-state index < -0.39 is 0 Å². The molecule has 2 aromatic carbocycles. The van der Waals surface area contributed by atoms with Gasteiger partial charge in [0.1, 0.15) is 6.61 Å². The van der Waals surface area contributed by atoms with E-state index in [1.54, 1.807) is 0 Å². The Morgan fingerprint density at radius 1 is 1.00 bits per heavy atom. The van der Waals surface area contributed by atoms with Crippen LogP contribution in [0.2, 0.25) is 0 Å². The van der Waals surface area contributed by atoms with Crippen molar-refractivity contribution < 1.29 is 9.53 Å². The number of alkyl carbamates (subject to hydrolysis) is 1. The van der Waals surface area contributed by atoms with Crippen molar-refractivity contribution in [1.29, 1.82) is 0 Å². The molecule has 0 aliphatic heterocycles. The normalized spacial score (nSPS) is 13.4. The second kappa shape index (κ2) is 5.48. The summed E-state index contributed by atoms with van der Waals surface area (Å²) in [7, 11) is 0. The molecule has 1 N–H and O–H groups in total. The first-order chi connectivity index (χ1) is 10.5. The molecular weight excluding hydrogens is 274 g/mol. The van der Waals surface area contributed by atoms with Crippen molar-refractivity contribution in [3.05, 3.63) is 59.7 Å². The first kappa shape index (κ1) is 14.6. The molecule has 0 saturated carbocycles. The number of hydrogen-bond donors (Lipinski definition) is 1. The monoisotopic (exact) mass is 295 g/mol. The summed E-state index contributed by atoms with van der Waals surface area (Å²) < 4.78 is 5.47. The molecule has 0 bridgehead atoms. The number of ether oxygens (including phenoxy) is 1. The van der Waals surface area contributed by atoms with Gasteiger partial charge in [0, 0.05) is 11.5 Å². The number of rotatable bonds is 2. The predicted octanol–water partition coefficient (Wildman–Crippen LogP) is 4.32. The van der Waals surface area contributed by atoms with E-state index in [0.29, 0.717) is 6.61 Å². The lowest BCUT2D eigenvalue weighted by atomic mass is 9.98. The van der Waals surface area contributed by atoms with E-state index in [0.717, 1.165) is 0 Å². The minimum Gasteiger partial charge on any atom is -0.449 e. The summed E-state index contributed by atoms with van der Waals surface area (Å²) in [6.45, 7) is 6.17. The molecule has 0 radical (unpaired) electrons. The lowest BCUT2D eigenvalue weighted by Gasteiger charge is -2.21. The van der Waals surface area contributed by atoms with Crippen molar-refractivity contribution in [2.24, 2.45) is 0 Å². The van der Waals surface area contributed by atoms with Gasteiger partial charge in [0.05, 0.1) is 0 Å². The molecule has 1 aliphatic rings. The summed E-state index contributed by atoms with van der Waals surface area (Å²) in [5.41, 5.74) is 4.65. The molecule has 2 aromatic rings. The second-order valence-corrected chi connectivity index (χ2v) is 6.70. The Morgan fingerprint density at radius 3 is 2.00 bits per heavy atom. The van der Waals surface area contributed by atoms with Gasteiger partial charge in [-0.3, -0.25) is 0 Å². The number of nitrogens with one attached hydrogen (secondary N) is 1. The Bertz CT molecular complexity index is 655. The largest absolute Gasteiger partial charge is 0.449 e. The fourth-order valence-corrected chi connectivity index (χ4v) is 2.94. The standard InChI is InChI=1S/C19H21NO2/c1-19(2,3)20-18(21)22-12-17-15-10-6-4-8-13(15)14-9-5-7-11-16(14)17/h4-11,17H,12H2,1-3H3,(H,20,21). The fourth-order valence-electron chi connectivity index (χ4n) is 2.94. The number of hydrogen-bond acceptors (Lipinski definition) is 2. The first-order valence-corrected chi connectivity index (χ1v) is 7.59. The number of benzene rings is 2. The summed E-state index contributed by atoms with van der Waals surface area (Å²) in [4.78, 5) is 11.9. The third-order valence-electron chi connectivity index (χ3n) is 3.82. The molecule has 0 atom stereocenters. The quantitative estimate of drug-likeness (QED) is 0.896. The Labute approximate surface area is 131 Å². The predicted molar refractivity (Wildman–Crippen MR) is 88.0 cm³/mol. The molecule has 0 heterocycles. The van der Waals surface area contributed by atoms with Crippen LogP contribution < -0.4 is 5.32 Å². The molecule has 3 heteroatoms. The van der Waals surface area contributed by atoms with Gasteiger partial charge in [-0.25, -0.2) is 4.79 Å². The van der Waals surface area contributed by atoms with Crippen molar-refractivity contribution in [3.8, 4) is 11.1 Å². The van der Waals surface area contributed by atoms with Crippen molar-refractivity contribution in [2.75, 3.05) is 6.61 Å². The minimum atomic E-state index is -0.366. The molecule has 3 rings (SSSR count). The van der Waals surface area contributed by atoms with Gasteiger partial charge in [0.2, 0.25) is 0 Å². The lowest BCUT2D eigenvalue weighted by molar-refractivity contribution is 0.134. The third-order valence-corrected chi connectivity index (χ3v) is 3.82. The van der Waals surface area contributed by atoms with Crippen LogP contribution in [-0.4, -0.2) is 18.2 Å². The average molecular weight is 295 g/mol. The van der Waals surface area contributed by atoms with Crippen molar-refractivity contribution in [1.82, 2.24) is 5.32 Å². The highest BCUT2D eigenvalue weighted by atomic mass is 16.5.